The maximum atomic E-state index is 13.0. The molecule has 1 aromatic heterocycles. The smallest absolute Gasteiger partial charge is 0.265 e. The predicted molar refractivity (Wildman–Crippen MR) is 120 cm³/mol. The lowest BCUT2D eigenvalue weighted by atomic mass is 10.1. The summed E-state index contributed by atoms with van der Waals surface area (Å²) in [5.41, 5.74) is 2.12. The zero-order chi connectivity index (χ0) is 22.0. The Morgan fingerprint density at radius 2 is 1.71 bits per heavy atom. The number of hydrogen-bond donors (Lipinski definition) is 1. The number of rotatable bonds is 5. The minimum atomic E-state index is -0.296. The maximum absolute atomic E-state index is 13.0. The molecule has 0 unspecified atom stereocenters. The highest BCUT2D eigenvalue weighted by Crippen LogP contribution is 2.29. The molecule has 0 saturated heterocycles. The number of carbonyl (C=O) groups is 1. The first-order valence-corrected chi connectivity index (χ1v) is 9.64. The summed E-state index contributed by atoms with van der Waals surface area (Å²) < 4.78 is 12.0. The zero-order valence-electron chi connectivity index (χ0n) is 17.4. The van der Waals surface area contributed by atoms with Gasteiger partial charge in [0.15, 0.2) is 0 Å². The Bertz CT molecular complexity index is 1330. The molecule has 1 N–H and O–H groups in total. The minimum absolute atomic E-state index is 0.150. The topological polar surface area (TPSA) is 82.5 Å². The van der Waals surface area contributed by atoms with Gasteiger partial charge in [-0.25, -0.2) is 4.98 Å². The molecule has 0 radical (unpaired) electrons. The van der Waals surface area contributed by atoms with Crippen LogP contribution in [0.1, 0.15) is 16.2 Å². The van der Waals surface area contributed by atoms with Crippen LogP contribution in [-0.2, 0) is 0 Å². The third-order valence-electron chi connectivity index (χ3n) is 4.99. The van der Waals surface area contributed by atoms with Crippen LogP contribution in [0.4, 0.5) is 5.69 Å². The number of carbonyl (C=O) groups excluding carboxylic acids is 1. The van der Waals surface area contributed by atoms with Crippen LogP contribution in [0.5, 0.6) is 11.5 Å². The summed E-state index contributed by atoms with van der Waals surface area (Å²) in [6.07, 6.45) is 0. The number of hydrogen-bond acceptors (Lipinski definition) is 5. The standard InChI is InChI=1S/C24H21N3O4/c1-15-25-20-7-5-4-6-19(20)24(29)27(15)17-10-8-16(9-11-17)23(28)26-21-13-12-18(30-2)14-22(21)31-3/h4-14H,1-3H3,(H,26,28). The number of aryl methyl sites for hydroxylation is 1. The van der Waals surface area contributed by atoms with Crippen molar-refractivity contribution in [3.05, 3.63) is 88.5 Å². The number of nitrogens with zero attached hydrogens (tertiary/aromatic N) is 2. The number of amides is 1. The summed E-state index contributed by atoms with van der Waals surface area (Å²) >= 11 is 0. The van der Waals surface area contributed by atoms with Crippen LogP contribution in [0, 0.1) is 6.92 Å². The summed E-state index contributed by atoms with van der Waals surface area (Å²) in [4.78, 5) is 30.2. The fraction of sp³-hybridized carbons (Fsp3) is 0.125. The molecule has 4 rings (SSSR count). The second kappa shape index (κ2) is 8.31. The zero-order valence-corrected chi connectivity index (χ0v) is 17.4. The van der Waals surface area contributed by atoms with E-state index in [1.807, 2.05) is 18.2 Å². The van der Waals surface area contributed by atoms with Gasteiger partial charge in [-0.15, -0.1) is 0 Å². The molecular weight excluding hydrogens is 394 g/mol. The lowest BCUT2D eigenvalue weighted by Gasteiger charge is -2.13. The molecule has 0 aliphatic heterocycles. The van der Waals surface area contributed by atoms with Crippen molar-refractivity contribution in [2.45, 2.75) is 6.92 Å². The Morgan fingerprint density at radius 1 is 0.968 bits per heavy atom. The molecule has 31 heavy (non-hydrogen) atoms. The van der Waals surface area contributed by atoms with E-state index in [0.29, 0.717) is 45.2 Å². The average Bonchev–Trinajstić information content (AvgIpc) is 2.79. The molecule has 4 aromatic rings. The van der Waals surface area contributed by atoms with Crippen molar-refractivity contribution < 1.29 is 14.3 Å². The highest BCUT2D eigenvalue weighted by atomic mass is 16.5. The number of anilines is 1. The van der Waals surface area contributed by atoms with Gasteiger partial charge in [0.1, 0.15) is 17.3 Å². The molecule has 0 aliphatic rings. The number of fused-ring (bicyclic) bond motifs is 1. The van der Waals surface area contributed by atoms with Crippen LogP contribution < -0.4 is 20.3 Å². The Kier molecular flexibility index (Phi) is 5.41. The van der Waals surface area contributed by atoms with Crippen LogP contribution >= 0.6 is 0 Å². The van der Waals surface area contributed by atoms with Crippen LogP contribution in [0.25, 0.3) is 16.6 Å². The van der Waals surface area contributed by atoms with Gasteiger partial charge >= 0.3 is 0 Å². The molecule has 1 heterocycles. The molecule has 3 aromatic carbocycles. The van der Waals surface area contributed by atoms with Gasteiger partial charge in [-0.2, -0.15) is 0 Å². The highest BCUT2D eigenvalue weighted by Gasteiger charge is 2.13. The first-order chi connectivity index (χ1) is 15.0. The monoisotopic (exact) mass is 415 g/mol. The molecule has 7 nitrogen and oxygen atoms in total. The highest BCUT2D eigenvalue weighted by molar-refractivity contribution is 6.05. The Morgan fingerprint density at radius 3 is 2.42 bits per heavy atom. The molecule has 0 fully saturated rings. The van der Waals surface area contributed by atoms with Crippen LogP contribution in [0.3, 0.4) is 0 Å². The van der Waals surface area contributed by atoms with Gasteiger partial charge in [-0.1, -0.05) is 12.1 Å². The number of ether oxygens (including phenoxy) is 2. The third-order valence-corrected chi connectivity index (χ3v) is 4.99. The first-order valence-electron chi connectivity index (χ1n) is 9.64. The number of aromatic nitrogens is 2. The Hall–Kier alpha value is -4.13. The lowest BCUT2D eigenvalue weighted by Crippen LogP contribution is -2.22. The second-order valence-corrected chi connectivity index (χ2v) is 6.88. The number of benzene rings is 3. The normalized spacial score (nSPS) is 10.7. The van der Waals surface area contributed by atoms with Crippen molar-refractivity contribution >= 4 is 22.5 Å². The van der Waals surface area contributed by atoms with Crippen molar-refractivity contribution in [2.75, 3.05) is 19.5 Å². The van der Waals surface area contributed by atoms with E-state index < -0.39 is 0 Å². The van der Waals surface area contributed by atoms with Crippen molar-refractivity contribution in [1.29, 1.82) is 0 Å². The summed E-state index contributed by atoms with van der Waals surface area (Å²) in [7, 11) is 3.09. The summed E-state index contributed by atoms with van der Waals surface area (Å²) in [6, 6.07) is 19.2. The van der Waals surface area contributed by atoms with Gasteiger partial charge in [-0.05, 0) is 55.5 Å². The molecule has 0 saturated carbocycles. The van der Waals surface area contributed by atoms with Gasteiger partial charge in [-0.3, -0.25) is 14.2 Å². The SMILES string of the molecule is COc1ccc(NC(=O)c2ccc(-n3c(C)nc4ccccc4c3=O)cc2)c(OC)c1. The van der Waals surface area contributed by atoms with Gasteiger partial charge in [0.25, 0.3) is 11.5 Å². The van der Waals surface area contributed by atoms with Gasteiger partial charge in [0, 0.05) is 11.6 Å². The second-order valence-electron chi connectivity index (χ2n) is 6.88. The van der Waals surface area contributed by atoms with Crippen molar-refractivity contribution in [3.8, 4) is 17.2 Å². The van der Waals surface area contributed by atoms with Crippen LogP contribution in [0.2, 0.25) is 0 Å². The number of nitrogens with one attached hydrogen (secondary N) is 1. The molecule has 156 valence electrons. The third kappa shape index (κ3) is 3.85. The Balaban J connectivity index is 1.63. The van der Waals surface area contributed by atoms with E-state index in [0.717, 1.165) is 0 Å². The largest absolute Gasteiger partial charge is 0.497 e. The molecule has 0 aliphatic carbocycles. The molecule has 7 heteroatoms. The van der Waals surface area contributed by atoms with Crippen molar-refractivity contribution in [2.24, 2.45) is 0 Å². The predicted octanol–water partition coefficient (Wildman–Crippen LogP) is 3.96. The van der Waals surface area contributed by atoms with Crippen LogP contribution in [0.15, 0.2) is 71.5 Å². The van der Waals surface area contributed by atoms with Gasteiger partial charge in [0.05, 0.1) is 36.5 Å². The first kappa shape index (κ1) is 20.2. The van der Waals surface area contributed by atoms with E-state index in [2.05, 4.69) is 10.3 Å². The van der Waals surface area contributed by atoms with E-state index >= 15 is 0 Å². The molecule has 1 amide bonds. The van der Waals surface area contributed by atoms with E-state index in [9.17, 15) is 9.59 Å². The fourth-order valence-electron chi connectivity index (χ4n) is 3.41. The van der Waals surface area contributed by atoms with E-state index in [-0.39, 0.29) is 11.5 Å². The molecule has 0 spiro atoms. The van der Waals surface area contributed by atoms with E-state index in [1.54, 1.807) is 62.6 Å². The van der Waals surface area contributed by atoms with Gasteiger partial charge in [0.2, 0.25) is 0 Å². The summed E-state index contributed by atoms with van der Waals surface area (Å²) in [5.74, 6) is 1.40. The molecule has 0 atom stereocenters. The lowest BCUT2D eigenvalue weighted by molar-refractivity contribution is 0.102. The van der Waals surface area contributed by atoms with Crippen LogP contribution in [-0.4, -0.2) is 29.7 Å². The quantitative estimate of drug-likeness (QED) is 0.533. The molecule has 0 bridgehead atoms. The fourth-order valence-corrected chi connectivity index (χ4v) is 3.41. The van der Waals surface area contributed by atoms with Crippen molar-refractivity contribution in [3.63, 3.8) is 0 Å². The number of para-hydroxylation sites is 1. The summed E-state index contributed by atoms with van der Waals surface area (Å²) in [5, 5.41) is 3.38. The summed E-state index contributed by atoms with van der Waals surface area (Å²) in [6.45, 7) is 1.78. The van der Waals surface area contributed by atoms with E-state index in [4.69, 9.17) is 9.47 Å². The van der Waals surface area contributed by atoms with Crippen molar-refractivity contribution in [1.82, 2.24) is 9.55 Å². The molecular formula is C24H21N3O4. The average molecular weight is 415 g/mol. The van der Waals surface area contributed by atoms with E-state index in [1.165, 1.54) is 11.7 Å². The Labute approximate surface area is 178 Å². The maximum Gasteiger partial charge on any atom is 0.265 e. The minimum Gasteiger partial charge on any atom is -0.497 e. The van der Waals surface area contributed by atoms with Gasteiger partial charge < -0.3 is 14.8 Å². The number of methoxy groups -OCH3 is 2.